The number of rotatable bonds is 11. The quantitative estimate of drug-likeness (QED) is 0.296. The summed E-state index contributed by atoms with van der Waals surface area (Å²) in [6, 6.07) is 11.4. The van der Waals surface area contributed by atoms with Gasteiger partial charge in [0.25, 0.3) is 0 Å². The van der Waals surface area contributed by atoms with E-state index in [2.05, 4.69) is 21.7 Å². The highest BCUT2D eigenvalue weighted by atomic mass is 16.5. The molecule has 0 aromatic heterocycles. The van der Waals surface area contributed by atoms with Crippen LogP contribution in [0.1, 0.15) is 31.4 Å². The van der Waals surface area contributed by atoms with E-state index in [0.29, 0.717) is 18.9 Å². The lowest BCUT2D eigenvalue weighted by atomic mass is 10.1. The molecule has 0 fully saturated rings. The van der Waals surface area contributed by atoms with Gasteiger partial charge in [0.2, 0.25) is 0 Å². The number of aliphatic imine (C=N–C) groups is 1. The largest absolute Gasteiger partial charge is 0.504 e. The lowest BCUT2D eigenvalue weighted by Crippen LogP contribution is -2.37. The van der Waals surface area contributed by atoms with Crippen molar-refractivity contribution in [1.29, 1.82) is 0 Å². The molecule has 0 atom stereocenters. The van der Waals surface area contributed by atoms with E-state index in [0.717, 1.165) is 49.0 Å². The van der Waals surface area contributed by atoms with Crippen LogP contribution in [0, 0.1) is 0 Å². The molecule has 0 heterocycles. The number of hydrogen-bond acceptors (Lipinski definition) is 5. The Hall–Kier alpha value is -3.09. The Bertz CT molecular complexity index is 824. The second kappa shape index (κ2) is 12.5. The maximum absolute atomic E-state index is 9.91. The number of aromatic hydroxyl groups is 1. The number of phenols is 1. The normalized spacial score (nSPS) is 11.1. The van der Waals surface area contributed by atoms with Crippen LogP contribution < -0.4 is 24.8 Å². The van der Waals surface area contributed by atoms with Gasteiger partial charge >= 0.3 is 0 Å². The van der Waals surface area contributed by atoms with Gasteiger partial charge < -0.3 is 30.0 Å². The molecule has 2 aromatic rings. The number of benzene rings is 2. The molecular formula is C23H33N3O4. The number of ether oxygens (including phenoxy) is 3. The van der Waals surface area contributed by atoms with Gasteiger partial charge in [-0.25, -0.2) is 4.99 Å². The Labute approximate surface area is 179 Å². The number of guanidine groups is 1. The zero-order valence-corrected chi connectivity index (χ0v) is 18.3. The van der Waals surface area contributed by atoms with E-state index in [4.69, 9.17) is 14.2 Å². The van der Waals surface area contributed by atoms with Crippen LogP contribution in [0.4, 0.5) is 0 Å². The average molecular weight is 416 g/mol. The minimum atomic E-state index is 0.120. The van der Waals surface area contributed by atoms with Crippen LogP contribution in [-0.4, -0.2) is 45.0 Å². The van der Waals surface area contributed by atoms with E-state index < -0.39 is 0 Å². The van der Waals surface area contributed by atoms with Crippen LogP contribution in [0.5, 0.6) is 23.0 Å². The number of nitrogens with zero attached hydrogens (tertiary/aromatic N) is 1. The van der Waals surface area contributed by atoms with Gasteiger partial charge in [0.1, 0.15) is 0 Å². The summed E-state index contributed by atoms with van der Waals surface area (Å²) in [4.78, 5) is 4.59. The summed E-state index contributed by atoms with van der Waals surface area (Å²) in [5.74, 6) is 2.86. The molecule has 0 spiro atoms. The first-order chi connectivity index (χ1) is 14.6. The van der Waals surface area contributed by atoms with Crippen LogP contribution >= 0.6 is 0 Å². The van der Waals surface area contributed by atoms with E-state index in [1.165, 1.54) is 12.7 Å². The first kappa shape index (κ1) is 23.2. The summed E-state index contributed by atoms with van der Waals surface area (Å²) in [7, 11) is 3.18. The molecule has 0 unspecified atom stereocenters. The molecule has 0 aliphatic carbocycles. The standard InChI is InChI=1S/C23H33N3O4/c1-5-24-23(26-16-18-10-11-20(28-3)19(27)14-18)25-13-7-8-17-9-12-21(29-4)22(15-17)30-6-2/h9-12,14-15,27H,5-8,13,16H2,1-4H3,(H2,24,25,26). The zero-order chi connectivity index (χ0) is 21.8. The number of phenolic OH excluding ortho intramolecular Hbond substituents is 1. The average Bonchev–Trinajstić information content (AvgIpc) is 2.75. The molecule has 7 heteroatoms. The summed E-state index contributed by atoms with van der Waals surface area (Å²) in [5, 5.41) is 16.5. The highest BCUT2D eigenvalue weighted by molar-refractivity contribution is 5.79. The molecule has 164 valence electrons. The molecular weight excluding hydrogens is 382 g/mol. The third-order valence-electron chi connectivity index (χ3n) is 4.47. The summed E-state index contributed by atoms with van der Waals surface area (Å²) < 4.78 is 16.1. The lowest BCUT2D eigenvalue weighted by molar-refractivity contribution is 0.310. The fourth-order valence-electron chi connectivity index (χ4n) is 2.99. The van der Waals surface area contributed by atoms with Crippen molar-refractivity contribution >= 4 is 5.96 Å². The van der Waals surface area contributed by atoms with E-state index in [1.807, 2.05) is 32.0 Å². The van der Waals surface area contributed by atoms with Crippen molar-refractivity contribution in [1.82, 2.24) is 10.6 Å². The first-order valence-corrected chi connectivity index (χ1v) is 10.3. The number of methoxy groups -OCH3 is 2. The highest BCUT2D eigenvalue weighted by Gasteiger charge is 2.06. The second-order valence-corrected chi connectivity index (χ2v) is 6.65. The minimum absolute atomic E-state index is 0.120. The molecule has 0 aliphatic heterocycles. The Morgan fingerprint density at radius 3 is 2.33 bits per heavy atom. The SMILES string of the molecule is CCNC(=NCc1ccc(OC)c(O)c1)NCCCc1ccc(OC)c(OCC)c1. The van der Waals surface area contributed by atoms with E-state index >= 15 is 0 Å². The molecule has 0 bridgehead atoms. The topological polar surface area (TPSA) is 84.3 Å². The van der Waals surface area contributed by atoms with Crippen LogP contribution in [0.3, 0.4) is 0 Å². The van der Waals surface area contributed by atoms with Gasteiger partial charge in [-0.15, -0.1) is 0 Å². The molecule has 7 nitrogen and oxygen atoms in total. The molecule has 2 aromatic carbocycles. The van der Waals surface area contributed by atoms with Crippen LogP contribution in [-0.2, 0) is 13.0 Å². The van der Waals surface area contributed by atoms with E-state index in [-0.39, 0.29) is 5.75 Å². The van der Waals surface area contributed by atoms with Crippen molar-refractivity contribution in [2.45, 2.75) is 33.2 Å². The van der Waals surface area contributed by atoms with Gasteiger partial charge in [0.15, 0.2) is 29.0 Å². The van der Waals surface area contributed by atoms with Gasteiger partial charge in [-0.1, -0.05) is 12.1 Å². The molecule has 3 N–H and O–H groups in total. The lowest BCUT2D eigenvalue weighted by Gasteiger charge is -2.13. The van der Waals surface area contributed by atoms with Crippen molar-refractivity contribution in [3.63, 3.8) is 0 Å². The second-order valence-electron chi connectivity index (χ2n) is 6.65. The summed E-state index contributed by atoms with van der Waals surface area (Å²) in [6.45, 7) is 6.62. The molecule has 0 saturated carbocycles. The van der Waals surface area contributed by atoms with Gasteiger partial charge in [0.05, 0.1) is 27.4 Å². The van der Waals surface area contributed by atoms with Crippen molar-refractivity contribution in [2.75, 3.05) is 33.9 Å². The monoisotopic (exact) mass is 415 g/mol. The molecule has 0 radical (unpaired) electrons. The Balaban J connectivity index is 1.88. The third kappa shape index (κ3) is 7.06. The van der Waals surface area contributed by atoms with E-state index in [1.54, 1.807) is 19.2 Å². The fourth-order valence-corrected chi connectivity index (χ4v) is 2.99. The summed E-state index contributed by atoms with van der Waals surface area (Å²) in [6.07, 6.45) is 1.87. The van der Waals surface area contributed by atoms with Crippen molar-refractivity contribution in [3.05, 3.63) is 47.5 Å². The zero-order valence-electron chi connectivity index (χ0n) is 18.3. The van der Waals surface area contributed by atoms with Gasteiger partial charge in [0, 0.05) is 13.1 Å². The minimum Gasteiger partial charge on any atom is -0.504 e. The Morgan fingerprint density at radius 1 is 0.933 bits per heavy atom. The predicted molar refractivity (Wildman–Crippen MR) is 120 cm³/mol. The first-order valence-electron chi connectivity index (χ1n) is 10.3. The Morgan fingerprint density at radius 2 is 1.67 bits per heavy atom. The number of aryl methyl sites for hydroxylation is 1. The molecule has 30 heavy (non-hydrogen) atoms. The summed E-state index contributed by atoms with van der Waals surface area (Å²) in [5.41, 5.74) is 2.11. The van der Waals surface area contributed by atoms with Crippen molar-refractivity contribution in [3.8, 4) is 23.0 Å². The fraction of sp³-hybridized carbons (Fsp3) is 0.435. The maximum Gasteiger partial charge on any atom is 0.191 e. The van der Waals surface area contributed by atoms with Crippen molar-refractivity contribution < 1.29 is 19.3 Å². The Kier molecular flexibility index (Phi) is 9.64. The van der Waals surface area contributed by atoms with E-state index in [9.17, 15) is 5.11 Å². The molecule has 0 saturated heterocycles. The van der Waals surface area contributed by atoms with Gasteiger partial charge in [-0.05, 0) is 62.1 Å². The van der Waals surface area contributed by atoms with Crippen LogP contribution in [0.15, 0.2) is 41.4 Å². The molecule has 2 rings (SSSR count). The van der Waals surface area contributed by atoms with Gasteiger partial charge in [-0.3, -0.25) is 0 Å². The maximum atomic E-state index is 9.91. The van der Waals surface area contributed by atoms with Crippen LogP contribution in [0.2, 0.25) is 0 Å². The van der Waals surface area contributed by atoms with Crippen LogP contribution in [0.25, 0.3) is 0 Å². The molecule has 0 amide bonds. The molecule has 0 aliphatic rings. The third-order valence-corrected chi connectivity index (χ3v) is 4.47. The van der Waals surface area contributed by atoms with Gasteiger partial charge in [-0.2, -0.15) is 0 Å². The predicted octanol–water partition coefficient (Wildman–Crippen LogP) is 3.50. The number of hydrogen-bond donors (Lipinski definition) is 3. The number of nitrogens with one attached hydrogen (secondary N) is 2. The summed E-state index contributed by atoms with van der Waals surface area (Å²) >= 11 is 0. The van der Waals surface area contributed by atoms with Crippen molar-refractivity contribution in [2.24, 2.45) is 4.99 Å². The highest BCUT2D eigenvalue weighted by Crippen LogP contribution is 2.28. The smallest absolute Gasteiger partial charge is 0.191 e.